The largest absolute Gasteiger partial charge is 0.472 e. The monoisotopic (exact) mass is 501 g/mol. The quantitative estimate of drug-likeness (QED) is 0.108. The molecule has 0 aromatic rings. The number of esters is 3. The van der Waals surface area contributed by atoms with Crippen molar-refractivity contribution in [3.05, 3.63) is 0 Å². The summed E-state index contributed by atoms with van der Waals surface area (Å²) in [5.74, 6) is -2.34. The molecule has 0 aromatic carbocycles. The van der Waals surface area contributed by atoms with Gasteiger partial charge in [0, 0.05) is 20.4 Å². The molecular formula is C18H32NO13P. The lowest BCUT2D eigenvalue weighted by Gasteiger charge is -2.18. The zero-order chi connectivity index (χ0) is 25.3. The highest BCUT2D eigenvalue weighted by atomic mass is 31.2. The van der Waals surface area contributed by atoms with Gasteiger partial charge in [0.05, 0.1) is 32.5 Å². The van der Waals surface area contributed by atoms with Gasteiger partial charge in [-0.25, -0.2) is 9.36 Å². The van der Waals surface area contributed by atoms with Crippen molar-refractivity contribution in [2.45, 2.75) is 39.9 Å². The molecule has 0 fully saturated rings. The van der Waals surface area contributed by atoms with Crippen molar-refractivity contribution in [2.75, 3.05) is 52.8 Å². The zero-order valence-corrected chi connectivity index (χ0v) is 20.0. The van der Waals surface area contributed by atoms with Crippen LogP contribution in [0.5, 0.6) is 0 Å². The molecule has 1 amide bonds. The van der Waals surface area contributed by atoms with Crippen LogP contribution in [0.15, 0.2) is 0 Å². The molecule has 0 aliphatic rings. The molecule has 0 spiro atoms. The number of ether oxygens (including phenoxy) is 5. The minimum Gasteiger partial charge on any atom is -0.462 e. The van der Waals surface area contributed by atoms with Crippen molar-refractivity contribution in [3.8, 4) is 0 Å². The second-order valence-electron chi connectivity index (χ2n) is 6.63. The number of nitrogens with one attached hydrogen (secondary N) is 1. The van der Waals surface area contributed by atoms with Crippen molar-refractivity contribution >= 4 is 31.6 Å². The summed E-state index contributed by atoms with van der Waals surface area (Å²) in [7, 11) is -4.52. The third-order valence-electron chi connectivity index (χ3n) is 3.10. The first-order valence-electron chi connectivity index (χ1n) is 9.95. The average Bonchev–Trinajstić information content (AvgIpc) is 2.69. The summed E-state index contributed by atoms with van der Waals surface area (Å²) < 4.78 is 45.7. The molecule has 14 nitrogen and oxygen atoms in total. The minimum atomic E-state index is -4.52. The number of rotatable bonds is 18. The van der Waals surface area contributed by atoms with Gasteiger partial charge in [0.2, 0.25) is 5.91 Å². The molecule has 0 rings (SSSR count). The van der Waals surface area contributed by atoms with Crippen molar-refractivity contribution in [1.29, 1.82) is 0 Å². The Morgan fingerprint density at radius 1 is 0.879 bits per heavy atom. The number of carbonyl (C=O) groups is 4. The van der Waals surface area contributed by atoms with Gasteiger partial charge in [0.1, 0.15) is 19.8 Å². The van der Waals surface area contributed by atoms with Gasteiger partial charge in [0.15, 0.2) is 6.10 Å². The van der Waals surface area contributed by atoms with Crippen molar-refractivity contribution in [3.63, 3.8) is 0 Å². The fraction of sp³-hybridized carbons (Fsp3) is 0.778. The molecule has 0 saturated heterocycles. The van der Waals surface area contributed by atoms with E-state index in [9.17, 15) is 28.6 Å². The average molecular weight is 501 g/mol. The third-order valence-corrected chi connectivity index (χ3v) is 4.08. The van der Waals surface area contributed by atoms with Gasteiger partial charge in [-0.15, -0.1) is 0 Å². The highest BCUT2D eigenvalue weighted by Gasteiger charge is 2.25. The van der Waals surface area contributed by atoms with Crippen LogP contribution in [0.2, 0.25) is 0 Å². The molecule has 0 aliphatic carbocycles. The van der Waals surface area contributed by atoms with Crippen LogP contribution in [0.3, 0.4) is 0 Å². The van der Waals surface area contributed by atoms with E-state index in [-0.39, 0.29) is 52.3 Å². The standard InChI is InChI=1S/C18H32NO13P/c1-13(2)31-18(23)12-27-8-7-26-11-17(22)19-5-6-29-33(24,25)30-10-16(32-15(4)21)9-28-14(3)20/h13,16H,5-12H2,1-4H3,(H,19,22)(H,24,25)/t16-/m1/s1. The topological polar surface area (TPSA) is 182 Å². The first kappa shape index (κ1) is 30.9. The fourth-order valence-electron chi connectivity index (χ4n) is 1.91. The first-order chi connectivity index (χ1) is 15.4. The molecule has 33 heavy (non-hydrogen) atoms. The highest BCUT2D eigenvalue weighted by molar-refractivity contribution is 7.47. The molecule has 0 radical (unpaired) electrons. The molecule has 1 unspecified atom stereocenters. The maximum absolute atomic E-state index is 11.8. The van der Waals surface area contributed by atoms with Crippen LogP contribution in [-0.4, -0.2) is 93.7 Å². The molecule has 15 heteroatoms. The van der Waals surface area contributed by atoms with E-state index in [4.69, 9.17) is 23.5 Å². The lowest BCUT2D eigenvalue weighted by atomic mass is 10.4. The first-order valence-corrected chi connectivity index (χ1v) is 11.4. The predicted molar refractivity (Wildman–Crippen MR) is 110 cm³/mol. The van der Waals surface area contributed by atoms with Crippen LogP contribution in [-0.2, 0) is 56.5 Å². The van der Waals surface area contributed by atoms with Gasteiger partial charge in [-0.1, -0.05) is 0 Å². The van der Waals surface area contributed by atoms with Crippen molar-refractivity contribution in [1.82, 2.24) is 5.32 Å². The summed E-state index contributed by atoms with van der Waals surface area (Å²) in [6.45, 7) is 3.92. The van der Waals surface area contributed by atoms with E-state index in [2.05, 4.69) is 14.6 Å². The fourth-order valence-corrected chi connectivity index (χ4v) is 2.66. The zero-order valence-electron chi connectivity index (χ0n) is 19.1. The maximum atomic E-state index is 11.8. The van der Waals surface area contributed by atoms with Crippen LogP contribution in [0.25, 0.3) is 0 Å². The van der Waals surface area contributed by atoms with Crippen LogP contribution in [0, 0.1) is 0 Å². The van der Waals surface area contributed by atoms with Crippen molar-refractivity contribution < 1.29 is 61.4 Å². The van der Waals surface area contributed by atoms with E-state index < -0.39 is 44.3 Å². The molecule has 2 N–H and O–H groups in total. The second kappa shape index (κ2) is 17.4. The van der Waals surface area contributed by atoms with E-state index in [1.54, 1.807) is 13.8 Å². The Morgan fingerprint density at radius 2 is 1.52 bits per heavy atom. The Balaban J connectivity index is 3.95. The van der Waals surface area contributed by atoms with Gasteiger partial charge < -0.3 is 33.9 Å². The number of amides is 1. The van der Waals surface area contributed by atoms with Crippen LogP contribution in [0.4, 0.5) is 0 Å². The van der Waals surface area contributed by atoms with Crippen LogP contribution >= 0.6 is 7.82 Å². The summed E-state index contributed by atoms with van der Waals surface area (Å²) in [6, 6.07) is 0. The van der Waals surface area contributed by atoms with Crippen molar-refractivity contribution in [2.24, 2.45) is 0 Å². The molecule has 0 bridgehead atoms. The normalized spacial score (nSPS) is 13.6. The third kappa shape index (κ3) is 20.3. The number of phosphoric ester groups is 1. The van der Waals surface area contributed by atoms with Crippen LogP contribution in [0.1, 0.15) is 27.7 Å². The molecule has 0 aromatic heterocycles. The predicted octanol–water partition coefficient (Wildman–Crippen LogP) is -0.284. The Bertz CT molecular complexity index is 670. The van der Waals surface area contributed by atoms with E-state index >= 15 is 0 Å². The summed E-state index contributed by atoms with van der Waals surface area (Å²) >= 11 is 0. The number of phosphoric acid groups is 1. The molecule has 0 aliphatic heterocycles. The Hall–Kier alpha value is -2.09. The summed E-state index contributed by atoms with van der Waals surface area (Å²) in [5, 5.41) is 2.39. The van der Waals surface area contributed by atoms with Gasteiger partial charge >= 0.3 is 25.7 Å². The van der Waals surface area contributed by atoms with Gasteiger partial charge in [-0.2, -0.15) is 0 Å². The second-order valence-corrected chi connectivity index (χ2v) is 8.08. The van der Waals surface area contributed by atoms with E-state index in [1.807, 2.05) is 0 Å². The number of hydrogen-bond donors (Lipinski definition) is 2. The Morgan fingerprint density at radius 3 is 2.09 bits per heavy atom. The highest BCUT2D eigenvalue weighted by Crippen LogP contribution is 2.43. The summed E-state index contributed by atoms with van der Waals surface area (Å²) in [4.78, 5) is 54.3. The summed E-state index contributed by atoms with van der Waals surface area (Å²) in [6.07, 6.45) is -1.33. The number of hydrogen-bond acceptors (Lipinski definition) is 12. The van der Waals surface area contributed by atoms with E-state index in [0.29, 0.717) is 0 Å². The molecule has 0 saturated carbocycles. The maximum Gasteiger partial charge on any atom is 0.472 e. The van der Waals surface area contributed by atoms with Gasteiger partial charge in [-0.05, 0) is 13.8 Å². The summed E-state index contributed by atoms with van der Waals surface area (Å²) in [5.41, 5.74) is 0. The lowest BCUT2D eigenvalue weighted by Crippen LogP contribution is -2.31. The van der Waals surface area contributed by atoms with Gasteiger partial charge in [0.25, 0.3) is 0 Å². The molecule has 192 valence electrons. The molecule has 0 heterocycles. The van der Waals surface area contributed by atoms with Gasteiger partial charge in [-0.3, -0.25) is 23.4 Å². The Kier molecular flexibility index (Phi) is 16.3. The Labute approximate surface area is 191 Å². The lowest BCUT2D eigenvalue weighted by molar-refractivity contribution is -0.158. The van der Waals surface area contributed by atoms with E-state index in [1.165, 1.54) is 0 Å². The van der Waals surface area contributed by atoms with Crippen LogP contribution < -0.4 is 5.32 Å². The minimum absolute atomic E-state index is 0.0649. The molecule has 2 atom stereocenters. The smallest absolute Gasteiger partial charge is 0.462 e. The van der Waals surface area contributed by atoms with E-state index in [0.717, 1.165) is 13.8 Å². The molecular weight excluding hydrogens is 469 g/mol. The number of carbonyl (C=O) groups excluding carboxylic acids is 4. The SMILES string of the molecule is CC(=O)OC[C@H](COP(=O)(O)OCCNC(=O)COCCOCC(=O)OC(C)C)OC(C)=O.